The molecule has 2 rings (SSSR count). The molecule has 0 saturated carbocycles. The molecule has 1 fully saturated rings. The number of ether oxygens (including phenoxy) is 2. The molecule has 1 aliphatic rings. The number of hydrogen-bond donors (Lipinski definition) is 2. The fraction of sp³-hybridized carbons (Fsp3) is 0.538. The average molecular weight is 313 g/mol. The second-order valence-corrected chi connectivity index (χ2v) is 5.69. The van der Waals surface area contributed by atoms with Gasteiger partial charge < -0.3 is 25.4 Å². The van der Waals surface area contributed by atoms with Crippen LogP contribution in [-0.4, -0.2) is 52.3 Å². The molecule has 1 atom stereocenters. The molecule has 1 aromatic heterocycles. The summed E-state index contributed by atoms with van der Waals surface area (Å²) in [6, 6.07) is 0. The van der Waals surface area contributed by atoms with Crippen molar-refractivity contribution in [3.05, 3.63) is 10.4 Å². The first kappa shape index (κ1) is 15.6. The molecule has 1 unspecified atom stereocenters. The van der Waals surface area contributed by atoms with Gasteiger partial charge in [-0.05, 0) is 6.42 Å². The number of rotatable bonds is 4. The van der Waals surface area contributed by atoms with Crippen molar-refractivity contribution in [1.29, 1.82) is 0 Å². The Bertz CT molecular complexity index is 558. The first-order valence-corrected chi connectivity index (χ1v) is 7.35. The number of hydrogen-bond acceptors (Lipinski definition) is 7. The highest BCUT2D eigenvalue weighted by molar-refractivity contribution is 7.19. The zero-order chi connectivity index (χ0) is 15.6. The molecule has 1 amide bonds. The predicted octanol–water partition coefficient (Wildman–Crippen LogP) is 0.702. The molecule has 1 aliphatic heterocycles. The molecule has 0 spiro atoms. The maximum atomic E-state index is 12.0. The van der Waals surface area contributed by atoms with E-state index in [1.165, 1.54) is 25.5 Å². The first-order chi connectivity index (χ1) is 10.0. The number of thiophene rings is 1. The standard InChI is InChI=1S/C13H19N3O4S/c1-15-11(17)10-9(14)8(13(18)20-3)12(21-10)16-5-4-7(6-16)19-2/h7H,4-6,14H2,1-3H3,(H,15,17). The molecule has 116 valence electrons. The van der Waals surface area contributed by atoms with Gasteiger partial charge in [0.05, 0.1) is 18.9 Å². The molecule has 3 N–H and O–H groups in total. The largest absolute Gasteiger partial charge is 0.465 e. The lowest BCUT2D eigenvalue weighted by molar-refractivity contribution is 0.0603. The quantitative estimate of drug-likeness (QED) is 0.795. The van der Waals surface area contributed by atoms with E-state index in [0.29, 0.717) is 16.4 Å². The second-order valence-electron chi connectivity index (χ2n) is 4.69. The molecule has 21 heavy (non-hydrogen) atoms. The van der Waals surface area contributed by atoms with E-state index < -0.39 is 5.97 Å². The third-order valence-electron chi connectivity index (χ3n) is 3.51. The molecular formula is C13H19N3O4S. The summed E-state index contributed by atoms with van der Waals surface area (Å²) in [6.07, 6.45) is 0.979. The molecule has 0 aliphatic carbocycles. The maximum Gasteiger partial charge on any atom is 0.343 e. The number of nitrogens with two attached hydrogens (primary N) is 1. The molecule has 8 heteroatoms. The van der Waals surface area contributed by atoms with Crippen molar-refractivity contribution in [2.45, 2.75) is 12.5 Å². The maximum absolute atomic E-state index is 12.0. The van der Waals surface area contributed by atoms with Crippen LogP contribution in [0.4, 0.5) is 10.7 Å². The number of anilines is 2. The minimum absolute atomic E-state index is 0.113. The number of amides is 1. The van der Waals surface area contributed by atoms with Gasteiger partial charge in [0.25, 0.3) is 5.91 Å². The summed E-state index contributed by atoms with van der Waals surface area (Å²) >= 11 is 1.20. The lowest BCUT2D eigenvalue weighted by atomic mass is 10.2. The van der Waals surface area contributed by atoms with Gasteiger partial charge in [0.1, 0.15) is 15.4 Å². The Morgan fingerprint density at radius 3 is 2.67 bits per heavy atom. The summed E-state index contributed by atoms with van der Waals surface area (Å²) in [5.41, 5.74) is 6.41. The van der Waals surface area contributed by atoms with E-state index in [1.54, 1.807) is 7.11 Å². The van der Waals surface area contributed by atoms with E-state index in [0.717, 1.165) is 13.0 Å². The van der Waals surface area contributed by atoms with Crippen molar-refractivity contribution in [3.8, 4) is 0 Å². The molecular weight excluding hydrogens is 294 g/mol. The van der Waals surface area contributed by atoms with Gasteiger partial charge in [-0.3, -0.25) is 4.79 Å². The van der Waals surface area contributed by atoms with Gasteiger partial charge in [-0.1, -0.05) is 0 Å². The van der Waals surface area contributed by atoms with Crippen molar-refractivity contribution in [3.63, 3.8) is 0 Å². The van der Waals surface area contributed by atoms with Crippen molar-refractivity contribution in [1.82, 2.24) is 5.32 Å². The van der Waals surface area contributed by atoms with Gasteiger partial charge in [-0.2, -0.15) is 0 Å². The lowest BCUT2D eigenvalue weighted by Crippen LogP contribution is -2.23. The first-order valence-electron chi connectivity index (χ1n) is 6.53. The number of esters is 1. The third-order valence-corrected chi connectivity index (χ3v) is 4.78. The highest BCUT2D eigenvalue weighted by atomic mass is 32.1. The zero-order valence-electron chi connectivity index (χ0n) is 12.3. The van der Waals surface area contributed by atoms with E-state index in [4.69, 9.17) is 15.2 Å². The van der Waals surface area contributed by atoms with Gasteiger partial charge >= 0.3 is 5.97 Å². The van der Waals surface area contributed by atoms with Crippen molar-refractivity contribution < 1.29 is 19.1 Å². The number of carbonyl (C=O) groups is 2. The Morgan fingerprint density at radius 1 is 1.43 bits per heavy atom. The summed E-state index contributed by atoms with van der Waals surface area (Å²) < 4.78 is 10.1. The summed E-state index contributed by atoms with van der Waals surface area (Å²) in [7, 11) is 4.48. The fourth-order valence-corrected chi connectivity index (χ4v) is 3.53. The summed E-state index contributed by atoms with van der Waals surface area (Å²) in [6.45, 7) is 1.41. The number of methoxy groups -OCH3 is 2. The van der Waals surface area contributed by atoms with Crippen molar-refractivity contribution >= 4 is 33.9 Å². The van der Waals surface area contributed by atoms with E-state index in [-0.39, 0.29) is 23.3 Å². The second kappa shape index (κ2) is 6.31. The van der Waals surface area contributed by atoms with Crippen molar-refractivity contribution in [2.75, 3.05) is 45.0 Å². The Balaban J connectivity index is 2.44. The Labute approximate surface area is 127 Å². The van der Waals surface area contributed by atoms with Crippen LogP contribution in [0.5, 0.6) is 0 Å². The van der Waals surface area contributed by atoms with Gasteiger partial charge in [-0.15, -0.1) is 11.3 Å². The Hall–Kier alpha value is -1.80. The SMILES string of the molecule is CNC(=O)c1sc(N2CCC(OC)C2)c(C(=O)OC)c1N. The monoisotopic (exact) mass is 313 g/mol. The zero-order valence-corrected chi connectivity index (χ0v) is 13.1. The van der Waals surface area contributed by atoms with Crippen LogP contribution in [0.2, 0.25) is 0 Å². The highest BCUT2D eigenvalue weighted by Crippen LogP contribution is 2.40. The molecule has 2 heterocycles. The van der Waals surface area contributed by atoms with Crippen LogP contribution in [0.3, 0.4) is 0 Å². The average Bonchev–Trinajstić information content (AvgIpc) is 3.09. The molecule has 1 saturated heterocycles. The van der Waals surface area contributed by atoms with Crippen LogP contribution in [0, 0.1) is 0 Å². The van der Waals surface area contributed by atoms with Crippen LogP contribution >= 0.6 is 11.3 Å². The number of nitrogens with zero attached hydrogens (tertiary/aromatic N) is 1. The fourth-order valence-electron chi connectivity index (χ4n) is 2.34. The van der Waals surface area contributed by atoms with E-state index in [1.807, 2.05) is 4.90 Å². The molecule has 0 aromatic carbocycles. The number of carbonyl (C=O) groups excluding carboxylic acids is 2. The highest BCUT2D eigenvalue weighted by Gasteiger charge is 2.32. The minimum Gasteiger partial charge on any atom is -0.465 e. The molecule has 0 bridgehead atoms. The van der Waals surface area contributed by atoms with E-state index in [9.17, 15) is 9.59 Å². The summed E-state index contributed by atoms with van der Waals surface area (Å²) in [5, 5.41) is 3.19. The summed E-state index contributed by atoms with van der Waals surface area (Å²) in [5.74, 6) is -0.842. The normalized spacial score (nSPS) is 17.9. The molecule has 7 nitrogen and oxygen atoms in total. The predicted molar refractivity (Wildman–Crippen MR) is 81.1 cm³/mol. The molecule has 1 aromatic rings. The Morgan fingerprint density at radius 2 is 2.14 bits per heavy atom. The Kier molecular flexibility index (Phi) is 4.69. The smallest absolute Gasteiger partial charge is 0.343 e. The van der Waals surface area contributed by atoms with Gasteiger partial charge in [0.2, 0.25) is 0 Å². The molecule has 0 radical (unpaired) electrons. The van der Waals surface area contributed by atoms with Gasteiger partial charge in [0, 0.05) is 27.2 Å². The van der Waals surface area contributed by atoms with Crippen molar-refractivity contribution in [2.24, 2.45) is 0 Å². The van der Waals surface area contributed by atoms with Crippen LogP contribution in [-0.2, 0) is 9.47 Å². The van der Waals surface area contributed by atoms with E-state index >= 15 is 0 Å². The van der Waals surface area contributed by atoms with E-state index in [2.05, 4.69) is 5.32 Å². The minimum atomic E-state index is -0.533. The van der Waals surface area contributed by atoms with Crippen LogP contribution in [0.1, 0.15) is 26.5 Å². The lowest BCUT2D eigenvalue weighted by Gasteiger charge is -2.17. The van der Waals surface area contributed by atoms with Crippen LogP contribution in [0.25, 0.3) is 0 Å². The number of nitrogen functional groups attached to an aromatic ring is 1. The summed E-state index contributed by atoms with van der Waals surface area (Å²) in [4.78, 5) is 26.2. The van der Waals surface area contributed by atoms with Crippen LogP contribution in [0.15, 0.2) is 0 Å². The third kappa shape index (κ3) is 2.81. The van der Waals surface area contributed by atoms with Crippen LogP contribution < -0.4 is 16.0 Å². The van der Waals surface area contributed by atoms with Gasteiger partial charge in [0.15, 0.2) is 0 Å². The van der Waals surface area contributed by atoms with Gasteiger partial charge in [-0.25, -0.2) is 4.79 Å². The topological polar surface area (TPSA) is 93.9 Å². The number of nitrogens with one attached hydrogen (secondary N) is 1.